The van der Waals surface area contributed by atoms with Crippen LogP contribution in [0.5, 0.6) is 23.0 Å². The van der Waals surface area contributed by atoms with Gasteiger partial charge in [-0.15, -0.1) is 0 Å². The van der Waals surface area contributed by atoms with Crippen LogP contribution in [0.4, 0.5) is 5.69 Å². The van der Waals surface area contributed by atoms with Crippen molar-refractivity contribution < 1.29 is 20.1 Å². The molecule has 0 fully saturated rings. The van der Waals surface area contributed by atoms with Gasteiger partial charge < -0.3 is 25.4 Å². The van der Waals surface area contributed by atoms with E-state index >= 15 is 0 Å². The first-order valence-corrected chi connectivity index (χ1v) is 6.18. The quantitative estimate of drug-likeness (QED) is 0.629. The Morgan fingerprint density at radius 2 is 1.71 bits per heavy atom. The van der Waals surface area contributed by atoms with E-state index in [2.05, 4.69) is 5.32 Å². The molecule has 108 valence electrons. The van der Waals surface area contributed by atoms with Crippen LogP contribution in [0.15, 0.2) is 36.4 Å². The summed E-state index contributed by atoms with van der Waals surface area (Å²) in [5, 5.41) is 39.8. The van der Waals surface area contributed by atoms with Crippen LogP contribution in [-0.2, 0) is 6.54 Å². The first-order valence-electron chi connectivity index (χ1n) is 6.18. The van der Waals surface area contributed by atoms with Gasteiger partial charge in [0.1, 0.15) is 11.8 Å². The summed E-state index contributed by atoms with van der Waals surface area (Å²) in [6, 6.07) is 11.7. The molecule has 0 spiro atoms. The molecule has 0 radical (unpaired) electrons. The number of nitrogens with one attached hydrogen (secondary N) is 1. The lowest BCUT2D eigenvalue weighted by Gasteiger charge is -2.10. The van der Waals surface area contributed by atoms with E-state index in [1.807, 2.05) is 6.07 Å². The molecule has 0 saturated carbocycles. The highest BCUT2D eigenvalue weighted by Gasteiger charge is 2.10. The zero-order valence-corrected chi connectivity index (χ0v) is 11.1. The molecule has 6 heteroatoms. The highest BCUT2D eigenvalue weighted by Crippen LogP contribution is 2.37. The first kappa shape index (κ1) is 14.3. The SMILES string of the molecule is N#CCOc1ccc(NCc2ccc(O)c(O)c2O)cc1. The average Bonchev–Trinajstić information content (AvgIpc) is 2.51. The van der Waals surface area contributed by atoms with Crippen LogP contribution in [0, 0.1) is 11.3 Å². The fourth-order valence-corrected chi connectivity index (χ4v) is 1.74. The van der Waals surface area contributed by atoms with Crippen molar-refractivity contribution >= 4 is 5.69 Å². The van der Waals surface area contributed by atoms with Gasteiger partial charge in [0, 0.05) is 17.8 Å². The lowest BCUT2D eigenvalue weighted by atomic mass is 10.1. The molecule has 2 rings (SSSR count). The highest BCUT2D eigenvalue weighted by molar-refractivity contribution is 5.55. The summed E-state index contributed by atoms with van der Waals surface area (Å²) >= 11 is 0. The van der Waals surface area contributed by atoms with E-state index in [-0.39, 0.29) is 24.7 Å². The van der Waals surface area contributed by atoms with Crippen molar-refractivity contribution in [2.75, 3.05) is 11.9 Å². The number of nitriles is 1. The largest absolute Gasteiger partial charge is 0.504 e. The van der Waals surface area contributed by atoms with Gasteiger partial charge in [-0.05, 0) is 36.4 Å². The number of phenols is 3. The summed E-state index contributed by atoms with van der Waals surface area (Å²) in [7, 11) is 0. The topological polar surface area (TPSA) is 106 Å². The molecule has 0 amide bonds. The van der Waals surface area contributed by atoms with Crippen molar-refractivity contribution in [3.63, 3.8) is 0 Å². The number of anilines is 1. The van der Waals surface area contributed by atoms with Crippen molar-refractivity contribution in [2.24, 2.45) is 0 Å². The molecule has 2 aromatic rings. The molecule has 6 nitrogen and oxygen atoms in total. The lowest BCUT2D eigenvalue weighted by Crippen LogP contribution is -2.00. The second kappa shape index (κ2) is 6.39. The Labute approximate surface area is 121 Å². The van der Waals surface area contributed by atoms with Crippen LogP contribution < -0.4 is 10.1 Å². The van der Waals surface area contributed by atoms with Crippen molar-refractivity contribution in [2.45, 2.75) is 6.54 Å². The highest BCUT2D eigenvalue weighted by atomic mass is 16.5. The van der Waals surface area contributed by atoms with Crippen LogP contribution in [0.25, 0.3) is 0 Å². The third-order valence-electron chi connectivity index (χ3n) is 2.85. The molecule has 4 N–H and O–H groups in total. The Kier molecular flexibility index (Phi) is 4.36. The summed E-state index contributed by atoms with van der Waals surface area (Å²) in [5.74, 6) is -0.659. The fourth-order valence-electron chi connectivity index (χ4n) is 1.74. The second-order valence-electron chi connectivity index (χ2n) is 4.27. The van der Waals surface area contributed by atoms with E-state index in [0.29, 0.717) is 11.3 Å². The maximum absolute atomic E-state index is 9.70. The van der Waals surface area contributed by atoms with Gasteiger partial charge in [-0.1, -0.05) is 0 Å². The molecule has 21 heavy (non-hydrogen) atoms. The first-order chi connectivity index (χ1) is 10.1. The molecule has 2 aromatic carbocycles. The van der Waals surface area contributed by atoms with E-state index in [9.17, 15) is 15.3 Å². The maximum Gasteiger partial charge on any atom is 0.200 e. The standard InChI is InChI=1S/C15H14N2O4/c16-7-8-21-12-4-2-11(3-5-12)17-9-10-1-6-13(18)15(20)14(10)19/h1-6,17-20H,8-9H2. The number of phenolic OH excluding ortho intramolecular Hbond substituents is 3. The number of benzene rings is 2. The smallest absolute Gasteiger partial charge is 0.200 e. The number of aromatic hydroxyl groups is 3. The van der Waals surface area contributed by atoms with Crippen LogP contribution in [0.1, 0.15) is 5.56 Å². The van der Waals surface area contributed by atoms with Crippen molar-refractivity contribution in [1.82, 2.24) is 0 Å². The molecular weight excluding hydrogens is 272 g/mol. The third-order valence-corrected chi connectivity index (χ3v) is 2.85. The predicted octanol–water partition coefficient (Wildman–Crippen LogP) is 2.32. The molecular formula is C15H14N2O4. The molecule has 0 aromatic heterocycles. The zero-order valence-electron chi connectivity index (χ0n) is 11.1. The normalized spacial score (nSPS) is 9.86. The van der Waals surface area contributed by atoms with E-state index in [1.165, 1.54) is 12.1 Å². The van der Waals surface area contributed by atoms with E-state index in [1.54, 1.807) is 24.3 Å². The molecule has 0 saturated heterocycles. The Balaban J connectivity index is 2.00. The van der Waals surface area contributed by atoms with Crippen molar-refractivity contribution in [3.8, 4) is 29.1 Å². The predicted molar refractivity (Wildman–Crippen MR) is 76.3 cm³/mol. The van der Waals surface area contributed by atoms with Crippen molar-refractivity contribution in [1.29, 1.82) is 5.26 Å². The van der Waals surface area contributed by atoms with Gasteiger partial charge in [0.05, 0.1) is 0 Å². The van der Waals surface area contributed by atoms with E-state index in [4.69, 9.17) is 10.00 Å². The zero-order chi connectivity index (χ0) is 15.2. The summed E-state index contributed by atoms with van der Waals surface area (Å²) in [5.41, 5.74) is 1.24. The van der Waals surface area contributed by atoms with E-state index < -0.39 is 5.75 Å². The van der Waals surface area contributed by atoms with Gasteiger partial charge in [-0.3, -0.25) is 0 Å². The summed E-state index contributed by atoms with van der Waals surface area (Å²) < 4.78 is 5.13. The number of nitrogens with zero attached hydrogens (tertiary/aromatic N) is 1. The maximum atomic E-state index is 9.70. The minimum absolute atomic E-state index is 0.00651. The second-order valence-corrected chi connectivity index (χ2v) is 4.27. The van der Waals surface area contributed by atoms with Gasteiger partial charge >= 0.3 is 0 Å². The minimum Gasteiger partial charge on any atom is -0.504 e. The van der Waals surface area contributed by atoms with Gasteiger partial charge in [0.15, 0.2) is 18.1 Å². The Morgan fingerprint density at radius 3 is 2.38 bits per heavy atom. The Bertz CT molecular complexity index is 663. The van der Waals surface area contributed by atoms with Gasteiger partial charge in [0.25, 0.3) is 0 Å². The van der Waals surface area contributed by atoms with Crippen LogP contribution >= 0.6 is 0 Å². The number of rotatable bonds is 5. The van der Waals surface area contributed by atoms with Crippen LogP contribution in [0.3, 0.4) is 0 Å². The Morgan fingerprint density at radius 1 is 1.00 bits per heavy atom. The fraction of sp³-hybridized carbons (Fsp3) is 0.133. The monoisotopic (exact) mass is 286 g/mol. The summed E-state index contributed by atoms with van der Waals surface area (Å²) in [4.78, 5) is 0. The Hall–Kier alpha value is -3.07. The third kappa shape index (κ3) is 3.48. The molecule has 0 aliphatic heterocycles. The van der Waals surface area contributed by atoms with Crippen LogP contribution in [0.2, 0.25) is 0 Å². The lowest BCUT2D eigenvalue weighted by molar-refractivity contribution is 0.365. The molecule has 0 aliphatic rings. The van der Waals surface area contributed by atoms with Gasteiger partial charge in [-0.2, -0.15) is 5.26 Å². The van der Waals surface area contributed by atoms with Crippen molar-refractivity contribution in [3.05, 3.63) is 42.0 Å². The number of hydrogen-bond donors (Lipinski definition) is 4. The number of ether oxygens (including phenoxy) is 1. The summed E-state index contributed by atoms with van der Waals surface area (Å²) in [6.45, 7) is 0.269. The minimum atomic E-state index is -0.533. The molecule has 0 unspecified atom stereocenters. The van der Waals surface area contributed by atoms with Gasteiger partial charge in [0.2, 0.25) is 5.75 Å². The van der Waals surface area contributed by atoms with Gasteiger partial charge in [-0.25, -0.2) is 0 Å². The molecule has 0 aliphatic carbocycles. The van der Waals surface area contributed by atoms with E-state index in [0.717, 1.165) is 5.69 Å². The molecule has 0 bridgehead atoms. The van der Waals surface area contributed by atoms with Crippen LogP contribution in [-0.4, -0.2) is 21.9 Å². The summed E-state index contributed by atoms with van der Waals surface area (Å²) in [6.07, 6.45) is 0. The average molecular weight is 286 g/mol. The molecule has 0 heterocycles. The number of hydrogen-bond acceptors (Lipinski definition) is 6. The molecule has 0 atom stereocenters.